The van der Waals surface area contributed by atoms with Crippen LogP contribution in [-0.2, 0) is 5.41 Å². The molecule has 2 N–H and O–H groups in total. The van der Waals surface area contributed by atoms with Gasteiger partial charge in [-0.25, -0.2) is 4.98 Å². The van der Waals surface area contributed by atoms with Gasteiger partial charge < -0.3 is 25.1 Å². The number of benzene rings is 2. The number of fused-ring (bicyclic) bond motifs is 1. The van der Waals surface area contributed by atoms with Gasteiger partial charge in [0.15, 0.2) is 5.65 Å². The van der Waals surface area contributed by atoms with Gasteiger partial charge in [-0.3, -0.25) is 9.59 Å². The Kier molecular flexibility index (Phi) is 8.84. The number of anilines is 2. The maximum atomic E-state index is 13.5. The monoisotopic (exact) mass is 578 g/mol. The van der Waals surface area contributed by atoms with Gasteiger partial charge in [0.05, 0.1) is 18.2 Å². The van der Waals surface area contributed by atoms with Crippen LogP contribution < -0.4 is 25.8 Å². The summed E-state index contributed by atoms with van der Waals surface area (Å²) in [5, 5.41) is 6.97. The van der Waals surface area contributed by atoms with Crippen LogP contribution in [0.4, 0.5) is 11.6 Å². The smallest absolute Gasteiger partial charge is 0.293 e. The third kappa shape index (κ3) is 6.61. The lowest BCUT2D eigenvalue weighted by atomic mass is 9.86. The van der Waals surface area contributed by atoms with Crippen LogP contribution in [0.5, 0.6) is 5.75 Å². The van der Waals surface area contributed by atoms with Crippen molar-refractivity contribution in [1.82, 2.24) is 19.6 Å². The first-order chi connectivity index (χ1) is 19.4. The molecule has 2 aromatic heterocycles. The van der Waals surface area contributed by atoms with Crippen molar-refractivity contribution in [2.75, 3.05) is 52.0 Å². The number of rotatable bonds is 9. The highest BCUT2D eigenvalue weighted by molar-refractivity contribution is 6.33. The molecule has 0 atom stereocenters. The number of carbonyl (C=O) groups is 1. The van der Waals surface area contributed by atoms with E-state index in [-0.39, 0.29) is 16.9 Å². The third-order valence-electron chi connectivity index (χ3n) is 6.55. The van der Waals surface area contributed by atoms with Gasteiger partial charge in [-0.15, -0.1) is 4.73 Å². The SMILES string of the molecule is COc1ccc(C(C)(C)C)cc1C(=O)Nc1ccc(Cl)c(-c2cc3cnc(NCCN(C)C)nc3n(OC)c2=O)c1. The van der Waals surface area contributed by atoms with E-state index in [9.17, 15) is 9.59 Å². The minimum atomic E-state index is -0.456. The molecule has 4 aromatic rings. The minimum absolute atomic E-state index is 0.154. The fraction of sp³-hybridized carbons (Fsp3) is 0.333. The molecule has 0 spiro atoms. The Morgan fingerprint density at radius 2 is 1.83 bits per heavy atom. The Bertz CT molecular complexity index is 1650. The molecule has 4 rings (SSSR count). The molecule has 0 aliphatic rings. The molecule has 0 bridgehead atoms. The minimum Gasteiger partial charge on any atom is -0.496 e. The van der Waals surface area contributed by atoms with Gasteiger partial charge in [-0.1, -0.05) is 38.4 Å². The molecule has 0 fully saturated rings. The number of pyridine rings is 1. The van der Waals surface area contributed by atoms with E-state index in [0.717, 1.165) is 16.8 Å². The Hall–Kier alpha value is -4.15. The molecule has 10 nitrogen and oxygen atoms in total. The van der Waals surface area contributed by atoms with Crippen molar-refractivity contribution in [2.24, 2.45) is 0 Å². The van der Waals surface area contributed by atoms with E-state index in [1.807, 2.05) is 31.1 Å². The van der Waals surface area contributed by atoms with E-state index in [2.05, 4.69) is 41.4 Å². The summed E-state index contributed by atoms with van der Waals surface area (Å²) in [6.45, 7) is 7.65. The van der Waals surface area contributed by atoms with Crippen molar-refractivity contribution in [2.45, 2.75) is 26.2 Å². The molecule has 0 radical (unpaired) electrons. The van der Waals surface area contributed by atoms with Gasteiger partial charge in [-0.05, 0) is 61.5 Å². The summed E-state index contributed by atoms with van der Waals surface area (Å²) in [5.74, 6) is 0.487. The Labute approximate surface area is 244 Å². The second-order valence-electron chi connectivity index (χ2n) is 10.9. The molecule has 0 aliphatic carbocycles. The molecule has 2 aromatic carbocycles. The van der Waals surface area contributed by atoms with E-state index in [0.29, 0.717) is 51.1 Å². The van der Waals surface area contributed by atoms with E-state index in [4.69, 9.17) is 21.2 Å². The highest BCUT2D eigenvalue weighted by atomic mass is 35.5. The van der Waals surface area contributed by atoms with E-state index in [1.54, 1.807) is 36.5 Å². The predicted molar refractivity (Wildman–Crippen MR) is 163 cm³/mol. The van der Waals surface area contributed by atoms with Crippen molar-refractivity contribution >= 4 is 40.2 Å². The molecule has 0 saturated heterocycles. The summed E-state index contributed by atoms with van der Waals surface area (Å²) in [5.41, 5.74) is 2.25. The van der Waals surface area contributed by atoms with Gasteiger partial charge in [-0.2, -0.15) is 4.98 Å². The maximum Gasteiger partial charge on any atom is 0.293 e. The van der Waals surface area contributed by atoms with Gasteiger partial charge in [0.2, 0.25) is 5.95 Å². The number of halogens is 1. The van der Waals surface area contributed by atoms with Crippen LogP contribution in [0.1, 0.15) is 36.7 Å². The molecular formula is C30H35ClN6O4. The molecule has 216 valence electrons. The second-order valence-corrected chi connectivity index (χ2v) is 11.3. The zero-order chi connectivity index (χ0) is 29.9. The lowest BCUT2D eigenvalue weighted by Crippen LogP contribution is -2.28. The fourth-order valence-corrected chi connectivity index (χ4v) is 4.49. The van der Waals surface area contributed by atoms with Crippen LogP contribution in [0, 0.1) is 0 Å². The lowest BCUT2D eigenvalue weighted by Gasteiger charge is -2.21. The number of ether oxygens (including phenoxy) is 1. The number of amides is 1. The Morgan fingerprint density at radius 3 is 2.49 bits per heavy atom. The fourth-order valence-electron chi connectivity index (χ4n) is 4.27. The normalized spacial score (nSPS) is 11.5. The average molecular weight is 579 g/mol. The number of nitrogens with one attached hydrogen (secondary N) is 2. The number of aromatic nitrogens is 3. The van der Waals surface area contributed by atoms with Crippen LogP contribution >= 0.6 is 11.6 Å². The summed E-state index contributed by atoms with van der Waals surface area (Å²) in [7, 11) is 6.86. The molecule has 0 saturated carbocycles. The summed E-state index contributed by atoms with van der Waals surface area (Å²) in [4.78, 5) is 43.2. The topological polar surface area (TPSA) is 111 Å². The summed E-state index contributed by atoms with van der Waals surface area (Å²) < 4.78 is 6.55. The van der Waals surface area contributed by atoms with Crippen molar-refractivity contribution in [1.29, 1.82) is 0 Å². The summed E-state index contributed by atoms with van der Waals surface area (Å²) in [6.07, 6.45) is 1.62. The van der Waals surface area contributed by atoms with Crippen molar-refractivity contribution < 1.29 is 14.4 Å². The quantitative estimate of drug-likeness (QED) is 0.294. The Balaban J connectivity index is 1.71. The highest BCUT2D eigenvalue weighted by Gasteiger charge is 2.21. The van der Waals surface area contributed by atoms with Gasteiger partial charge in [0.1, 0.15) is 12.9 Å². The summed E-state index contributed by atoms with van der Waals surface area (Å²) in [6, 6.07) is 12.2. The van der Waals surface area contributed by atoms with Crippen molar-refractivity contribution in [3.05, 3.63) is 75.2 Å². The molecule has 2 heterocycles. The standard InChI is InChI=1S/C30H35ClN6O4/c1-30(2,3)19-8-11-25(40-6)23(15-19)27(38)34-20-9-10-24(31)21(16-20)22-14-18-17-33-29(32-12-13-36(4)5)35-26(18)37(41-7)28(22)39/h8-11,14-17H,12-13H2,1-7H3,(H,34,38)(H,32,33,35). The van der Waals surface area contributed by atoms with Crippen LogP contribution in [0.3, 0.4) is 0 Å². The van der Waals surface area contributed by atoms with E-state index in [1.165, 1.54) is 14.2 Å². The molecule has 11 heteroatoms. The van der Waals surface area contributed by atoms with Crippen LogP contribution in [0.25, 0.3) is 22.2 Å². The first-order valence-electron chi connectivity index (χ1n) is 13.1. The summed E-state index contributed by atoms with van der Waals surface area (Å²) >= 11 is 6.56. The van der Waals surface area contributed by atoms with Gasteiger partial charge in [0, 0.05) is 40.9 Å². The number of carbonyl (C=O) groups excluding carboxylic acids is 1. The third-order valence-corrected chi connectivity index (χ3v) is 6.88. The van der Waals surface area contributed by atoms with Gasteiger partial charge >= 0.3 is 0 Å². The van der Waals surface area contributed by atoms with E-state index >= 15 is 0 Å². The highest BCUT2D eigenvalue weighted by Crippen LogP contribution is 2.32. The maximum absolute atomic E-state index is 13.5. The number of nitrogens with zero attached hydrogens (tertiary/aromatic N) is 4. The van der Waals surface area contributed by atoms with Crippen molar-refractivity contribution in [3.63, 3.8) is 0 Å². The number of hydrogen-bond acceptors (Lipinski definition) is 8. The zero-order valence-corrected chi connectivity index (χ0v) is 25.1. The molecular weight excluding hydrogens is 544 g/mol. The zero-order valence-electron chi connectivity index (χ0n) is 24.3. The number of hydrogen-bond donors (Lipinski definition) is 2. The molecule has 0 unspecified atom stereocenters. The number of methoxy groups -OCH3 is 1. The Morgan fingerprint density at radius 1 is 1.07 bits per heavy atom. The first kappa shape index (κ1) is 29.8. The second kappa shape index (κ2) is 12.2. The van der Waals surface area contributed by atoms with Crippen LogP contribution in [0.2, 0.25) is 5.02 Å². The van der Waals surface area contributed by atoms with Crippen molar-refractivity contribution in [3.8, 4) is 16.9 Å². The number of likely N-dealkylation sites (N-methyl/N-ethyl adjacent to an activating group) is 1. The lowest BCUT2D eigenvalue weighted by molar-refractivity contribution is 0.102. The van der Waals surface area contributed by atoms with Crippen LogP contribution in [0.15, 0.2) is 53.5 Å². The molecule has 0 aliphatic heterocycles. The molecule has 41 heavy (non-hydrogen) atoms. The first-order valence-corrected chi connectivity index (χ1v) is 13.5. The van der Waals surface area contributed by atoms with Crippen LogP contribution in [-0.4, -0.2) is 66.9 Å². The average Bonchev–Trinajstić information content (AvgIpc) is 2.93. The largest absolute Gasteiger partial charge is 0.496 e. The van der Waals surface area contributed by atoms with E-state index < -0.39 is 5.56 Å². The van der Waals surface area contributed by atoms with Gasteiger partial charge in [0.25, 0.3) is 11.5 Å². The molecule has 1 amide bonds. The predicted octanol–water partition coefficient (Wildman–Crippen LogP) is 4.70.